The van der Waals surface area contributed by atoms with E-state index < -0.39 is 0 Å². The predicted molar refractivity (Wildman–Crippen MR) is 83.6 cm³/mol. The van der Waals surface area contributed by atoms with E-state index in [9.17, 15) is 0 Å². The van der Waals surface area contributed by atoms with E-state index in [1.54, 1.807) is 6.07 Å². The second kappa shape index (κ2) is 6.19. The highest BCUT2D eigenvalue weighted by molar-refractivity contribution is 6.37. The van der Waals surface area contributed by atoms with E-state index in [0.29, 0.717) is 16.1 Å². The summed E-state index contributed by atoms with van der Waals surface area (Å²) >= 11 is 12.5. The molecule has 1 unspecified atom stereocenters. The molecule has 1 saturated carbocycles. The third-order valence-electron chi connectivity index (χ3n) is 3.70. The van der Waals surface area contributed by atoms with Gasteiger partial charge < -0.3 is 10.2 Å². The summed E-state index contributed by atoms with van der Waals surface area (Å²) in [6.45, 7) is 5.19. The van der Waals surface area contributed by atoms with Gasteiger partial charge in [-0.05, 0) is 38.2 Å². The van der Waals surface area contributed by atoms with E-state index in [-0.39, 0.29) is 0 Å². The van der Waals surface area contributed by atoms with Gasteiger partial charge in [-0.15, -0.1) is 0 Å². The molecule has 106 valence electrons. The molecule has 19 heavy (non-hydrogen) atoms. The summed E-state index contributed by atoms with van der Waals surface area (Å²) in [5.74, 6) is 2.30. The zero-order chi connectivity index (χ0) is 14.0. The summed E-state index contributed by atoms with van der Waals surface area (Å²) in [7, 11) is 2.05. The largest absolute Gasteiger partial charge is 0.369 e. The average molecular weight is 302 g/mol. The summed E-state index contributed by atoms with van der Waals surface area (Å²) in [5, 5.41) is 4.43. The van der Waals surface area contributed by atoms with E-state index in [1.807, 2.05) is 0 Å². The second-order valence-corrected chi connectivity index (χ2v) is 6.05. The van der Waals surface area contributed by atoms with Crippen LogP contribution in [0.15, 0.2) is 6.07 Å². The molecule has 1 atom stereocenters. The minimum absolute atomic E-state index is 0.463. The van der Waals surface area contributed by atoms with E-state index in [2.05, 4.69) is 36.1 Å². The Hall–Kier alpha value is -0.670. The van der Waals surface area contributed by atoms with Gasteiger partial charge in [-0.1, -0.05) is 30.1 Å². The smallest absolute Gasteiger partial charge is 0.149 e. The van der Waals surface area contributed by atoms with Gasteiger partial charge in [-0.25, -0.2) is 4.98 Å². The summed E-state index contributed by atoms with van der Waals surface area (Å²) in [6, 6.07) is 2.24. The van der Waals surface area contributed by atoms with Crippen LogP contribution in [0.2, 0.25) is 10.0 Å². The molecule has 0 amide bonds. The van der Waals surface area contributed by atoms with Crippen LogP contribution in [-0.2, 0) is 0 Å². The fraction of sp³-hybridized carbons (Fsp3) is 0.643. The number of anilines is 2. The maximum absolute atomic E-state index is 6.28. The molecule has 1 aliphatic carbocycles. The Morgan fingerprint density at radius 1 is 1.42 bits per heavy atom. The van der Waals surface area contributed by atoms with Crippen LogP contribution in [0.25, 0.3) is 0 Å². The van der Waals surface area contributed by atoms with Crippen molar-refractivity contribution < 1.29 is 0 Å². The first-order valence-electron chi connectivity index (χ1n) is 6.87. The van der Waals surface area contributed by atoms with Crippen LogP contribution in [0.1, 0.15) is 33.1 Å². The van der Waals surface area contributed by atoms with Gasteiger partial charge >= 0.3 is 0 Å². The average Bonchev–Trinajstić information content (AvgIpc) is 3.20. The van der Waals surface area contributed by atoms with E-state index in [1.165, 1.54) is 12.8 Å². The zero-order valence-electron chi connectivity index (χ0n) is 11.7. The van der Waals surface area contributed by atoms with E-state index in [0.717, 1.165) is 30.5 Å². The third-order valence-corrected chi connectivity index (χ3v) is 4.27. The van der Waals surface area contributed by atoms with Crippen LogP contribution in [0.3, 0.4) is 0 Å². The lowest BCUT2D eigenvalue weighted by Crippen LogP contribution is -2.31. The lowest BCUT2D eigenvalue weighted by Gasteiger charge is -2.27. The number of nitrogens with zero attached hydrogens (tertiary/aromatic N) is 2. The lowest BCUT2D eigenvalue weighted by molar-refractivity contribution is 0.604. The van der Waals surface area contributed by atoms with Crippen molar-refractivity contribution in [3.05, 3.63) is 16.1 Å². The zero-order valence-corrected chi connectivity index (χ0v) is 13.2. The molecule has 0 bridgehead atoms. The molecule has 1 fully saturated rings. The van der Waals surface area contributed by atoms with Crippen LogP contribution >= 0.6 is 23.2 Å². The van der Waals surface area contributed by atoms with Crippen molar-refractivity contribution in [2.75, 3.05) is 23.8 Å². The molecular weight excluding hydrogens is 281 g/mol. The standard InChI is InChI=1S/C14H21Cl2N3/c1-4-7-17-13-11(15)8-12(16)14(18-13)19(3)9(2)10-5-6-10/h8-10H,4-7H2,1-3H3,(H,17,18). The van der Waals surface area contributed by atoms with E-state index in [4.69, 9.17) is 23.2 Å². The Balaban J connectivity index is 2.22. The molecule has 0 saturated heterocycles. The van der Waals surface area contributed by atoms with Crippen LogP contribution in [0.5, 0.6) is 0 Å². The molecule has 0 aromatic carbocycles. The van der Waals surface area contributed by atoms with Gasteiger partial charge in [0.2, 0.25) is 0 Å². The van der Waals surface area contributed by atoms with Crippen molar-refractivity contribution in [2.45, 2.75) is 39.2 Å². The summed E-state index contributed by atoms with van der Waals surface area (Å²) < 4.78 is 0. The molecule has 0 aliphatic heterocycles. The fourth-order valence-electron chi connectivity index (χ4n) is 2.16. The maximum Gasteiger partial charge on any atom is 0.149 e. The maximum atomic E-state index is 6.28. The van der Waals surface area contributed by atoms with Gasteiger partial charge in [-0.3, -0.25) is 0 Å². The molecule has 1 aromatic heterocycles. The lowest BCUT2D eigenvalue weighted by atomic mass is 10.2. The quantitative estimate of drug-likeness (QED) is 0.841. The second-order valence-electron chi connectivity index (χ2n) is 5.24. The number of halogens is 2. The molecule has 0 radical (unpaired) electrons. The van der Waals surface area contributed by atoms with Crippen molar-refractivity contribution in [3.63, 3.8) is 0 Å². The minimum Gasteiger partial charge on any atom is -0.369 e. The SMILES string of the molecule is CCCNc1nc(N(C)C(C)C2CC2)c(Cl)cc1Cl. The third kappa shape index (κ3) is 3.46. The Kier molecular flexibility index (Phi) is 4.80. The Bertz CT molecular complexity index is 447. The van der Waals surface area contributed by atoms with Crippen molar-refractivity contribution in [3.8, 4) is 0 Å². The van der Waals surface area contributed by atoms with Gasteiger partial charge in [0.25, 0.3) is 0 Å². The number of hydrogen-bond donors (Lipinski definition) is 1. The summed E-state index contributed by atoms with van der Waals surface area (Å²) in [6.07, 6.45) is 3.64. The molecule has 1 N–H and O–H groups in total. The highest BCUT2D eigenvalue weighted by Gasteiger charge is 2.32. The Morgan fingerprint density at radius 3 is 2.68 bits per heavy atom. The summed E-state index contributed by atoms with van der Waals surface area (Å²) in [4.78, 5) is 6.75. The van der Waals surface area contributed by atoms with Crippen molar-refractivity contribution in [2.24, 2.45) is 5.92 Å². The summed E-state index contributed by atoms with van der Waals surface area (Å²) in [5.41, 5.74) is 0. The van der Waals surface area contributed by atoms with Crippen molar-refractivity contribution in [1.82, 2.24) is 4.98 Å². The van der Waals surface area contributed by atoms with Gasteiger partial charge in [0.15, 0.2) is 0 Å². The highest BCUT2D eigenvalue weighted by Crippen LogP contribution is 2.38. The number of pyridine rings is 1. The van der Waals surface area contributed by atoms with Crippen LogP contribution < -0.4 is 10.2 Å². The number of nitrogens with one attached hydrogen (secondary N) is 1. The molecular formula is C14H21Cl2N3. The molecule has 1 aromatic rings. The molecule has 1 heterocycles. The van der Waals surface area contributed by atoms with Crippen LogP contribution in [-0.4, -0.2) is 24.6 Å². The van der Waals surface area contributed by atoms with Crippen LogP contribution in [0, 0.1) is 5.92 Å². The molecule has 3 nitrogen and oxygen atoms in total. The molecule has 1 aliphatic rings. The number of rotatable bonds is 6. The first-order chi connectivity index (χ1) is 9.04. The van der Waals surface area contributed by atoms with Gasteiger partial charge in [0.1, 0.15) is 11.6 Å². The van der Waals surface area contributed by atoms with Crippen molar-refractivity contribution >= 4 is 34.8 Å². The first-order valence-corrected chi connectivity index (χ1v) is 7.63. The van der Waals surface area contributed by atoms with Crippen molar-refractivity contribution in [1.29, 1.82) is 0 Å². The topological polar surface area (TPSA) is 28.2 Å². The molecule has 5 heteroatoms. The number of aromatic nitrogens is 1. The first kappa shape index (κ1) is 14.7. The monoisotopic (exact) mass is 301 g/mol. The van der Waals surface area contributed by atoms with Gasteiger partial charge in [-0.2, -0.15) is 0 Å². The Morgan fingerprint density at radius 2 is 2.11 bits per heavy atom. The van der Waals surface area contributed by atoms with Gasteiger partial charge in [0, 0.05) is 19.6 Å². The van der Waals surface area contributed by atoms with E-state index >= 15 is 0 Å². The van der Waals surface area contributed by atoms with Crippen LogP contribution in [0.4, 0.5) is 11.6 Å². The molecule has 2 rings (SSSR count). The predicted octanol–water partition coefficient (Wildman–Crippen LogP) is 4.45. The minimum atomic E-state index is 0.463. The Labute approximate surface area is 125 Å². The molecule has 0 spiro atoms. The highest BCUT2D eigenvalue weighted by atomic mass is 35.5. The van der Waals surface area contributed by atoms with Gasteiger partial charge in [0.05, 0.1) is 10.0 Å². The number of hydrogen-bond acceptors (Lipinski definition) is 3. The normalized spacial score (nSPS) is 16.3. The fourth-order valence-corrected chi connectivity index (χ4v) is 2.72.